The van der Waals surface area contributed by atoms with Crippen LogP contribution in [-0.2, 0) is 11.3 Å². The molecule has 0 amide bonds. The number of aliphatic carboxylic acids is 1. The highest BCUT2D eigenvalue weighted by Crippen LogP contribution is 2.35. The molecule has 164 valence electrons. The van der Waals surface area contributed by atoms with Crippen LogP contribution in [0.15, 0.2) is 67.1 Å². The average Bonchev–Trinajstić information content (AvgIpc) is 3.12. The molecule has 4 rings (SSSR count). The molecule has 0 aliphatic carbocycles. The second kappa shape index (κ2) is 8.39. The van der Waals surface area contributed by atoms with Crippen molar-refractivity contribution < 1.29 is 27.5 Å². The van der Waals surface area contributed by atoms with E-state index in [2.05, 4.69) is 10.1 Å². The zero-order valence-corrected chi connectivity index (χ0v) is 16.3. The van der Waals surface area contributed by atoms with Crippen LogP contribution < -0.4 is 5.32 Å². The van der Waals surface area contributed by atoms with E-state index in [4.69, 9.17) is 5.11 Å². The molecule has 6 nitrogen and oxygen atoms in total. The Hall–Kier alpha value is -3.79. The molecular weight excluding hydrogens is 428 g/mol. The van der Waals surface area contributed by atoms with Crippen molar-refractivity contribution in [2.24, 2.45) is 0 Å². The van der Waals surface area contributed by atoms with E-state index in [0.717, 1.165) is 11.1 Å². The normalized spacial score (nSPS) is 12.8. The summed E-state index contributed by atoms with van der Waals surface area (Å²) in [6.07, 6.45) is -0.162. The summed E-state index contributed by atoms with van der Waals surface area (Å²) in [7, 11) is 0. The monoisotopic (exact) mass is 444 g/mol. The summed E-state index contributed by atoms with van der Waals surface area (Å²) in [5, 5.41) is 15.4. The van der Waals surface area contributed by atoms with Gasteiger partial charge in [0.2, 0.25) is 6.04 Å². The molecule has 0 spiro atoms. The highest BCUT2D eigenvalue weighted by Gasteiger charge is 2.44. The van der Waals surface area contributed by atoms with Gasteiger partial charge >= 0.3 is 12.1 Å². The fourth-order valence-electron chi connectivity index (χ4n) is 3.37. The second-order valence-electron chi connectivity index (χ2n) is 7.03. The lowest BCUT2D eigenvalue weighted by Gasteiger charge is -2.17. The molecule has 0 bridgehead atoms. The van der Waals surface area contributed by atoms with Crippen LogP contribution >= 0.6 is 0 Å². The van der Waals surface area contributed by atoms with Crippen LogP contribution in [0, 0.1) is 5.82 Å². The van der Waals surface area contributed by atoms with Gasteiger partial charge in [-0.3, -0.25) is 15.1 Å². The lowest BCUT2D eigenvalue weighted by atomic mass is 10.0. The number of carboxylic acid groups (broad SMARTS) is 1. The summed E-state index contributed by atoms with van der Waals surface area (Å²) in [5.74, 6) is -2.40. The molecule has 1 atom stereocenters. The van der Waals surface area contributed by atoms with Gasteiger partial charge in [0, 0.05) is 36.3 Å². The highest BCUT2D eigenvalue weighted by atomic mass is 19.4. The van der Waals surface area contributed by atoms with Crippen LogP contribution in [0.5, 0.6) is 0 Å². The number of carboxylic acids is 1. The van der Waals surface area contributed by atoms with E-state index in [1.54, 1.807) is 48.8 Å². The van der Waals surface area contributed by atoms with Gasteiger partial charge < -0.3 is 5.11 Å². The molecular formula is C22H16F4N4O2. The summed E-state index contributed by atoms with van der Waals surface area (Å²) in [6, 6.07) is 9.99. The Morgan fingerprint density at radius 2 is 1.72 bits per heavy atom. The number of rotatable bonds is 6. The Balaban J connectivity index is 1.76. The van der Waals surface area contributed by atoms with Gasteiger partial charge in [-0.1, -0.05) is 6.07 Å². The van der Waals surface area contributed by atoms with Gasteiger partial charge in [-0.05, 0) is 53.6 Å². The third-order valence-corrected chi connectivity index (χ3v) is 4.86. The van der Waals surface area contributed by atoms with Crippen molar-refractivity contribution in [1.29, 1.82) is 0 Å². The maximum atomic E-state index is 13.4. The van der Waals surface area contributed by atoms with E-state index >= 15 is 0 Å². The minimum Gasteiger partial charge on any atom is -0.480 e. The molecule has 3 aromatic heterocycles. The molecule has 3 heterocycles. The van der Waals surface area contributed by atoms with Gasteiger partial charge in [-0.2, -0.15) is 18.3 Å². The molecule has 1 aromatic carbocycles. The number of fused-ring (bicyclic) bond motifs is 1. The van der Waals surface area contributed by atoms with Crippen LogP contribution in [-0.4, -0.2) is 37.9 Å². The Kier molecular flexibility index (Phi) is 5.62. The van der Waals surface area contributed by atoms with Crippen molar-refractivity contribution in [2.75, 3.05) is 0 Å². The van der Waals surface area contributed by atoms with Crippen molar-refractivity contribution in [2.45, 2.75) is 18.8 Å². The Morgan fingerprint density at radius 3 is 2.34 bits per heavy atom. The third kappa shape index (κ3) is 4.30. The number of alkyl halides is 3. The van der Waals surface area contributed by atoms with Crippen LogP contribution in [0.4, 0.5) is 17.6 Å². The maximum Gasteiger partial charge on any atom is 0.414 e. The molecule has 4 aromatic rings. The number of halogens is 4. The van der Waals surface area contributed by atoms with E-state index in [9.17, 15) is 22.4 Å². The molecule has 0 saturated carbocycles. The zero-order chi connectivity index (χ0) is 22.9. The number of nitrogens with zero attached hydrogens (tertiary/aromatic N) is 3. The molecule has 0 aliphatic rings. The first-order valence-electron chi connectivity index (χ1n) is 9.44. The summed E-state index contributed by atoms with van der Waals surface area (Å²) >= 11 is 0. The van der Waals surface area contributed by atoms with Crippen LogP contribution in [0.25, 0.3) is 27.9 Å². The minimum absolute atomic E-state index is 0.331. The first-order valence-corrected chi connectivity index (χ1v) is 9.44. The zero-order valence-electron chi connectivity index (χ0n) is 16.3. The smallest absolute Gasteiger partial charge is 0.414 e. The molecule has 0 radical (unpaired) electrons. The molecule has 32 heavy (non-hydrogen) atoms. The van der Waals surface area contributed by atoms with Crippen molar-refractivity contribution in [3.05, 3.63) is 78.5 Å². The number of carbonyl (C=O) groups is 1. The Bertz CT molecular complexity index is 1250. The topological polar surface area (TPSA) is 79.5 Å². The van der Waals surface area contributed by atoms with Gasteiger partial charge in [-0.15, -0.1) is 0 Å². The predicted molar refractivity (Wildman–Crippen MR) is 108 cm³/mol. The summed E-state index contributed by atoms with van der Waals surface area (Å²) in [6.45, 7) is -0.331. The molecule has 2 N–H and O–H groups in total. The van der Waals surface area contributed by atoms with Gasteiger partial charge in [-0.25, -0.2) is 8.91 Å². The van der Waals surface area contributed by atoms with E-state index in [0.29, 0.717) is 22.3 Å². The van der Waals surface area contributed by atoms with Crippen molar-refractivity contribution >= 4 is 11.5 Å². The third-order valence-electron chi connectivity index (χ3n) is 4.86. The van der Waals surface area contributed by atoms with Gasteiger partial charge in [0.15, 0.2) is 0 Å². The minimum atomic E-state index is -4.92. The molecule has 0 fully saturated rings. The summed E-state index contributed by atoms with van der Waals surface area (Å²) < 4.78 is 53.6. The lowest BCUT2D eigenvalue weighted by molar-refractivity contribution is -0.180. The quantitative estimate of drug-likeness (QED) is 0.434. The van der Waals surface area contributed by atoms with Crippen molar-refractivity contribution in [3.63, 3.8) is 0 Å². The first-order chi connectivity index (χ1) is 15.2. The van der Waals surface area contributed by atoms with Gasteiger partial charge in [0.05, 0.1) is 5.52 Å². The molecule has 0 unspecified atom stereocenters. The Labute approximate surface area is 179 Å². The first kappa shape index (κ1) is 21.4. The summed E-state index contributed by atoms with van der Waals surface area (Å²) in [4.78, 5) is 14.9. The lowest BCUT2D eigenvalue weighted by Crippen LogP contribution is -2.47. The number of hydrogen-bond donors (Lipinski definition) is 2. The van der Waals surface area contributed by atoms with Crippen molar-refractivity contribution in [3.8, 4) is 22.4 Å². The van der Waals surface area contributed by atoms with Crippen molar-refractivity contribution in [1.82, 2.24) is 19.9 Å². The van der Waals surface area contributed by atoms with E-state index in [1.165, 1.54) is 22.8 Å². The largest absolute Gasteiger partial charge is 0.480 e. The number of aromatic nitrogens is 3. The fraction of sp³-hybridized carbons (Fsp3) is 0.136. The molecule has 0 aliphatic heterocycles. The maximum absolute atomic E-state index is 13.4. The van der Waals surface area contributed by atoms with Gasteiger partial charge in [0.1, 0.15) is 11.5 Å². The predicted octanol–water partition coefficient (Wildman–Crippen LogP) is 4.31. The molecule has 0 saturated heterocycles. The van der Waals surface area contributed by atoms with E-state index in [-0.39, 0.29) is 6.54 Å². The van der Waals surface area contributed by atoms with Crippen LogP contribution in [0.2, 0.25) is 0 Å². The number of nitrogens with one attached hydrogen (secondary N) is 1. The number of benzene rings is 1. The average molecular weight is 444 g/mol. The van der Waals surface area contributed by atoms with Crippen LogP contribution in [0.3, 0.4) is 0 Å². The highest BCUT2D eigenvalue weighted by molar-refractivity contribution is 5.92. The number of pyridine rings is 2. The Morgan fingerprint density at radius 1 is 1.03 bits per heavy atom. The standard InChI is InChI=1S/C22H16F4N4O2/c23-16-4-2-15(3-5-16)19-18(14-7-9-27-10-8-14)17-6-1-13(12-30(17)29-19)11-28-20(21(31)32)22(24,25)26/h1-10,12,20,28H,11H2,(H,31,32)/t20-/m1/s1. The summed E-state index contributed by atoms with van der Waals surface area (Å²) in [5.41, 5.74) is 3.84. The number of hydrogen-bond acceptors (Lipinski definition) is 4. The van der Waals surface area contributed by atoms with E-state index in [1.807, 2.05) is 5.32 Å². The van der Waals surface area contributed by atoms with Gasteiger partial charge in [0.25, 0.3) is 0 Å². The second-order valence-corrected chi connectivity index (χ2v) is 7.03. The molecule has 10 heteroatoms. The SMILES string of the molecule is O=C(O)[C@@H](NCc1ccc2c(-c3ccncc3)c(-c3ccc(F)cc3)nn2c1)C(F)(F)F. The fourth-order valence-corrected chi connectivity index (χ4v) is 3.37. The van der Waals surface area contributed by atoms with E-state index < -0.39 is 24.0 Å². The van der Waals surface area contributed by atoms with Crippen LogP contribution in [0.1, 0.15) is 5.56 Å².